The van der Waals surface area contributed by atoms with Gasteiger partial charge in [-0.15, -0.1) is 0 Å². The van der Waals surface area contributed by atoms with E-state index < -0.39 is 0 Å². The summed E-state index contributed by atoms with van der Waals surface area (Å²) in [6.07, 6.45) is 0. The van der Waals surface area contributed by atoms with Gasteiger partial charge in [-0.3, -0.25) is 0 Å². The smallest absolute Gasteiger partial charge is 0.0406 e. The Bertz CT molecular complexity index is 584. The van der Waals surface area contributed by atoms with Crippen molar-refractivity contribution in [3.63, 3.8) is 0 Å². The molecule has 2 aromatic carbocycles. The quantitative estimate of drug-likeness (QED) is 0.655. The topological polar surface area (TPSA) is 12.0 Å². The van der Waals surface area contributed by atoms with Crippen molar-refractivity contribution < 1.29 is 0 Å². The zero-order valence-electron chi connectivity index (χ0n) is 12.2. The Morgan fingerprint density at radius 3 is 2.52 bits per heavy atom. The summed E-state index contributed by atoms with van der Waals surface area (Å²) in [6, 6.07) is 14.4. The molecule has 0 unspecified atom stereocenters. The van der Waals surface area contributed by atoms with Crippen LogP contribution >= 0.6 is 39.3 Å². The van der Waals surface area contributed by atoms with Crippen molar-refractivity contribution in [1.82, 2.24) is 5.32 Å². The predicted molar refractivity (Wildman–Crippen MR) is 96.3 cm³/mol. The van der Waals surface area contributed by atoms with Gasteiger partial charge >= 0.3 is 0 Å². The molecule has 1 N–H and O–H groups in total. The molecule has 0 bridgehead atoms. The Morgan fingerprint density at radius 1 is 1.14 bits per heavy atom. The molecule has 0 heterocycles. The lowest BCUT2D eigenvalue weighted by molar-refractivity contribution is 0.550. The number of rotatable bonds is 6. The number of halogens is 2. The van der Waals surface area contributed by atoms with Gasteiger partial charge in [0.2, 0.25) is 0 Å². The van der Waals surface area contributed by atoms with Crippen molar-refractivity contribution in [1.29, 1.82) is 0 Å². The first-order valence-electron chi connectivity index (χ1n) is 6.97. The fourth-order valence-corrected chi connectivity index (χ4v) is 3.37. The maximum atomic E-state index is 5.94. The van der Waals surface area contributed by atoms with Crippen LogP contribution in [0.1, 0.15) is 19.4 Å². The lowest BCUT2D eigenvalue weighted by Gasteiger charge is -2.12. The van der Waals surface area contributed by atoms with E-state index in [0.717, 1.165) is 22.6 Å². The SMILES string of the molecule is CC(C)CNCc1cc(Br)ccc1Sc1ccc(Cl)cc1. The minimum atomic E-state index is 0.657. The largest absolute Gasteiger partial charge is 0.312 e. The first kappa shape index (κ1) is 16.9. The molecule has 4 heteroatoms. The molecular weight excluding hydrogens is 366 g/mol. The van der Waals surface area contributed by atoms with Gasteiger partial charge in [-0.2, -0.15) is 0 Å². The molecule has 2 rings (SSSR count). The highest BCUT2D eigenvalue weighted by Crippen LogP contribution is 2.32. The first-order chi connectivity index (χ1) is 10.0. The summed E-state index contributed by atoms with van der Waals surface area (Å²) in [6.45, 7) is 6.35. The van der Waals surface area contributed by atoms with Gasteiger partial charge < -0.3 is 5.32 Å². The van der Waals surface area contributed by atoms with Crippen LogP contribution in [0.2, 0.25) is 5.02 Å². The lowest BCUT2D eigenvalue weighted by Crippen LogP contribution is -2.19. The van der Waals surface area contributed by atoms with Crippen LogP contribution in [0, 0.1) is 5.92 Å². The molecule has 0 radical (unpaired) electrons. The van der Waals surface area contributed by atoms with Crippen LogP contribution in [0.5, 0.6) is 0 Å². The van der Waals surface area contributed by atoms with E-state index in [1.54, 1.807) is 11.8 Å². The second kappa shape index (κ2) is 8.23. The minimum Gasteiger partial charge on any atom is -0.312 e. The average molecular weight is 385 g/mol. The summed E-state index contributed by atoms with van der Waals surface area (Å²) in [5, 5.41) is 4.28. The van der Waals surface area contributed by atoms with Gasteiger partial charge in [0, 0.05) is 25.8 Å². The summed E-state index contributed by atoms with van der Waals surface area (Å²) in [4.78, 5) is 2.48. The molecule has 2 aromatic rings. The maximum absolute atomic E-state index is 5.94. The molecule has 112 valence electrons. The van der Waals surface area contributed by atoms with Crippen LogP contribution in [0.3, 0.4) is 0 Å². The van der Waals surface area contributed by atoms with E-state index >= 15 is 0 Å². The molecule has 0 aliphatic carbocycles. The van der Waals surface area contributed by atoms with Crippen molar-refractivity contribution in [2.45, 2.75) is 30.2 Å². The molecule has 0 saturated carbocycles. The van der Waals surface area contributed by atoms with E-state index in [-0.39, 0.29) is 0 Å². The molecule has 1 nitrogen and oxygen atoms in total. The zero-order valence-corrected chi connectivity index (χ0v) is 15.4. The minimum absolute atomic E-state index is 0.657. The molecule has 0 fully saturated rings. The summed E-state index contributed by atoms with van der Waals surface area (Å²) >= 11 is 11.3. The third-order valence-electron chi connectivity index (χ3n) is 2.93. The molecule has 0 aromatic heterocycles. The number of hydrogen-bond donors (Lipinski definition) is 1. The Morgan fingerprint density at radius 2 is 1.86 bits per heavy atom. The van der Waals surface area contributed by atoms with E-state index in [1.807, 2.05) is 12.1 Å². The number of hydrogen-bond acceptors (Lipinski definition) is 2. The standard InChI is InChI=1S/C17H19BrClNS/c1-12(2)10-20-11-13-9-14(18)3-8-17(13)21-16-6-4-15(19)5-7-16/h3-9,12,20H,10-11H2,1-2H3. The third-order valence-corrected chi connectivity index (χ3v) is 4.80. The highest BCUT2D eigenvalue weighted by Gasteiger charge is 2.06. The van der Waals surface area contributed by atoms with E-state index in [4.69, 9.17) is 11.6 Å². The number of nitrogens with one attached hydrogen (secondary N) is 1. The van der Waals surface area contributed by atoms with Crippen LogP contribution in [0.4, 0.5) is 0 Å². The van der Waals surface area contributed by atoms with E-state index in [9.17, 15) is 0 Å². The molecule has 0 aliphatic heterocycles. The molecular formula is C17H19BrClNS. The van der Waals surface area contributed by atoms with Crippen LogP contribution in [-0.4, -0.2) is 6.54 Å². The predicted octanol–water partition coefficient (Wildman–Crippen LogP) is 6.00. The second-order valence-electron chi connectivity index (χ2n) is 5.33. The molecule has 0 aliphatic rings. The van der Waals surface area contributed by atoms with E-state index in [1.165, 1.54) is 15.4 Å². The summed E-state index contributed by atoms with van der Waals surface area (Å²) < 4.78 is 1.12. The monoisotopic (exact) mass is 383 g/mol. The highest BCUT2D eigenvalue weighted by molar-refractivity contribution is 9.10. The van der Waals surface area contributed by atoms with Crippen LogP contribution in [-0.2, 0) is 6.54 Å². The highest BCUT2D eigenvalue weighted by atomic mass is 79.9. The van der Waals surface area contributed by atoms with Gasteiger partial charge in [0.25, 0.3) is 0 Å². The maximum Gasteiger partial charge on any atom is 0.0406 e. The number of benzene rings is 2. The Balaban J connectivity index is 2.12. The van der Waals surface area contributed by atoms with Crippen LogP contribution in [0.15, 0.2) is 56.7 Å². The van der Waals surface area contributed by atoms with E-state index in [0.29, 0.717) is 5.92 Å². The fraction of sp³-hybridized carbons (Fsp3) is 0.294. The summed E-state index contributed by atoms with van der Waals surface area (Å²) in [5.74, 6) is 0.657. The first-order valence-corrected chi connectivity index (χ1v) is 8.96. The Labute approximate surface area is 144 Å². The van der Waals surface area contributed by atoms with Crippen molar-refractivity contribution in [2.75, 3.05) is 6.54 Å². The van der Waals surface area contributed by atoms with Gasteiger partial charge in [0.15, 0.2) is 0 Å². The van der Waals surface area contributed by atoms with Gasteiger partial charge in [0.1, 0.15) is 0 Å². The molecule has 0 saturated heterocycles. The van der Waals surface area contributed by atoms with Gasteiger partial charge in [0.05, 0.1) is 0 Å². The lowest BCUT2D eigenvalue weighted by atomic mass is 10.2. The van der Waals surface area contributed by atoms with Crippen LogP contribution < -0.4 is 5.32 Å². The summed E-state index contributed by atoms with van der Waals surface area (Å²) in [7, 11) is 0. The van der Waals surface area contributed by atoms with Gasteiger partial charge in [-0.1, -0.05) is 53.1 Å². The van der Waals surface area contributed by atoms with Crippen molar-refractivity contribution in [3.8, 4) is 0 Å². The van der Waals surface area contributed by atoms with Crippen molar-refractivity contribution >= 4 is 39.3 Å². The average Bonchev–Trinajstić information content (AvgIpc) is 2.43. The zero-order chi connectivity index (χ0) is 15.2. The third kappa shape index (κ3) is 5.67. The normalized spacial score (nSPS) is 11.1. The van der Waals surface area contributed by atoms with Crippen molar-refractivity contribution in [2.24, 2.45) is 5.92 Å². The van der Waals surface area contributed by atoms with Crippen molar-refractivity contribution in [3.05, 3.63) is 57.5 Å². The van der Waals surface area contributed by atoms with E-state index in [2.05, 4.69) is 65.4 Å². The van der Waals surface area contributed by atoms with Crippen LogP contribution in [0.25, 0.3) is 0 Å². The van der Waals surface area contributed by atoms with Gasteiger partial charge in [-0.25, -0.2) is 0 Å². The fourth-order valence-electron chi connectivity index (χ4n) is 1.91. The van der Waals surface area contributed by atoms with Gasteiger partial charge in [-0.05, 0) is 60.5 Å². The Hall–Kier alpha value is -0.480. The Kier molecular flexibility index (Phi) is 6.62. The molecule has 0 atom stereocenters. The summed E-state index contributed by atoms with van der Waals surface area (Å²) in [5.41, 5.74) is 1.31. The molecule has 0 amide bonds. The second-order valence-corrected chi connectivity index (χ2v) is 7.80. The molecule has 21 heavy (non-hydrogen) atoms. The molecule has 0 spiro atoms.